The van der Waals surface area contributed by atoms with E-state index >= 15 is 0 Å². The fourth-order valence-corrected chi connectivity index (χ4v) is 5.24. The number of likely N-dealkylation sites (tertiary alicyclic amines) is 2. The normalized spacial score (nSPS) is 19.2. The Morgan fingerprint density at radius 1 is 1.06 bits per heavy atom. The van der Waals surface area contributed by atoms with Gasteiger partial charge in [-0.3, -0.25) is 9.59 Å². The summed E-state index contributed by atoms with van der Waals surface area (Å²) in [5.74, 6) is 0.0237. The maximum atomic E-state index is 12.9. The number of phenolic OH excluding ortho intramolecular Hbond substituents is 1. The molecule has 170 valence electrons. The zero-order valence-electron chi connectivity index (χ0n) is 18.2. The minimum atomic E-state index is -0.793. The third-order valence-corrected chi connectivity index (χ3v) is 7.32. The van der Waals surface area contributed by atoms with Crippen molar-refractivity contribution in [3.63, 3.8) is 0 Å². The van der Waals surface area contributed by atoms with Gasteiger partial charge in [0.15, 0.2) is 0 Å². The topological polar surface area (TPSA) is 87.2 Å². The highest BCUT2D eigenvalue weighted by Gasteiger charge is 2.34. The number of methoxy groups -OCH3 is 1. The summed E-state index contributed by atoms with van der Waals surface area (Å²) in [5.41, 5.74) is 1.02. The van der Waals surface area contributed by atoms with Gasteiger partial charge in [-0.25, -0.2) is 4.79 Å². The monoisotopic (exact) mass is 494 g/mol. The SMILES string of the molecule is COC(=O)C(=O)N1CCC(C2CCN(C(=O)[C@H](C)Cc3ccc(O)c(Br)c3)CC2)CC1. The van der Waals surface area contributed by atoms with Crippen molar-refractivity contribution >= 4 is 33.7 Å². The number of benzene rings is 1. The molecule has 31 heavy (non-hydrogen) atoms. The van der Waals surface area contributed by atoms with Crippen LogP contribution in [-0.4, -0.2) is 66.0 Å². The summed E-state index contributed by atoms with van der Waals surface area (Å²) >= 11 is 3.33. The van der Waals surface area contributed by atoms with Crippen molar-refractivity contribution in [1.82, 2.24) is 9.80 Å². The highest BCUT2D eigenvalue weighted by Crippen LogP contribution is 2.33. The lowest BCUT2D eigenvalue weighted by Crippen LogP contribution is -2.46. The molecule has 0 aliphatic carbocycles. The maximum Gasteiger partial charge on any atom is 0.396 e. The van der Waals surface area contributed by atoms with Gasteiger partial charge in [-0.1, -0.05) is 13.0 Å². The van der Waals surface area contributed by atoms with Crippen molar-refractivity contribution in [3.8, 4) is 5.75 Å². The molecule has 2 saturated heterocycles. The third-order valence-electron chi connectivity index (χ3n) is 6.68. The van der Waals surface area contributed by atoms with Gasteiger partial charge in [-0.2, -0.15) is 0 Å². The second-order valence-corrected chi connectivity index (χ2v) is 9.53. The zero-order valence-corrected chi connectivity index (χ0v) is 19.8. The Morgan fingerprint density at radius 2 is 1.61 bits per heavy atom. The van der Waals surface area contributed by atoms with Gasteiger partial charge >= 0.3 is 11.9 Å². The summed E-state index contributed by atoms with van der Waals surface area (Å²) in [4.78, 5) is 39.9. The number of hydrogen-bond acceptors (Lipinski definition) is 5. The lowest BCUT2D eigenvalue weighted by molar-refractivity contribution is -0.159. The molecule has 0 aromatic heterocycles. The van der Waals surface area contributed by atoms with Crippen molar-refractivity contribution in [3.05, 3.63) is 28.2 Å². The van der Waals surface area contributed by atoms with Gasteiger partial charge in [0.2, 0.25) is 5.91 Å². The molecule has 1 N–H and O–H groups in total. The van der Waals surface area contributed by atoms with E-state index in [0.29, 0.717) is 35.8 Å². The van der Waals surface area contributed by atoms with Gasteiger partial charge in [0.25, 0.3) is 0 Å². The molecular formula is C23H31BrN2O5. The maximum absolute atomic E-state index is 12.9. The van der Waals surface area contributed by atoms with Crippen LogP contribution in [0.3, 0.4) is 0 Å². The number of ether oxygens (including phenoxy) is 1. The van der Waals surface area contributed by atoms with E-state index in [4.69, 9.17) is 0 Å². The summed E-state index contributed by atoms with van der Waals surface area (Å²) < 4.78 is 5.17. The third kappa shape index (κ3) is 5.79. The second kappa shape index (κ2) is 10.5. The summed E-state index contributed by atoms with van der Waals surface area (Å²) in [6.45, 7) is 4.69. The van der Waals surface area contributed by atoms with Crippen molar-refractivity contribution in [1.29, 1.82) is 0 Å². The Labute approximate surface area is 191 Å². The fourth-order valence-electron chi connectivity index (χ4n) is 4.81. The van der Waals surface area contributed by atoms with Crippen LogP contribution in [0.15, 0.2) is 22.7 Å². The number of rotatable bonds is 4. The molecule has 0 saturated carbocycles. The Kier molecular flexibility index (Phi) is 7.97. The Hall–Kier alpha value is -2.09. The van der Waals surface area contributed by atoms with Crippen LogP contribution >= 0.6 is 15.9 Å². The van der Waals surface area contributed by atoms with Crippen molar-refractivity contribution in [2.24, 2.45) is 17.8 Å². The summed E-state index contributed by atoms with van der Waals surface area (Å²) in [5, 5.41) is 9.64. The fraction of sp³-hybridized carbons (Fsp3) is 0.609. The van der Waals surface area contributed by atoms with Gasteiger partial charge in [0.1, 0.15) is 5.75 Å². The molecule has 0 radical (unpaired) electrons. The zero-order chi connectivity index (χ0) is 22.5. The molecule has 1 atom stereocenters. The lowest BCUT2D eigenvalue weighted by Gasteiger charge is -2.40. The first-order valence-electron chi connectivity index (χ1n) is 10.9. The van der Waals surface area contributed by atoms with Gasteiger partial charge in [0, 0.05) is 32.1 Å². The standard InChI is InChI=1S/C23H31BrN2O5/c1-15(13-16-3-4-20(27)19(24)14-16)21(28)25-9-5-17(6-10-25)18-7-11-26(12-8-18)22(29)23(30)31-2/h3-4,14-15,17-18,27H,5-13H2,1-2H3/t15-/m1/s1. The van der Waals surface area contributed by atoms with Gasteiger partial charge in [-0.05, 0) is 77.6 Å². The highest BCUT2D eigenvalue weighted by atomic mass is 79.9. The lowest BCUT2D eigenvalue weighted by atomic mass is 9.78. The van der Waals surface area contributed by atoms with E-state index in [1.807, 2.05) is 24.0 Å². The Balaban J connectivity index is 1.45. The quantitative estimate of drug-likeness (QED) is 0.513. The molecule has 7 nitrogen and oxygen atoms in total. The van der Waals surface area contributed by atoms with E-state index < -0.39 is 11.9 Å². The number of aromatic hydroxyl groups is 1. The summed E-state index contributed by atoms with van der Waals surface area (Å²) in [6.07, 6.45) is 4.41. The number of halogens is 1. The highest BCUT2D eigenvalue weighted by molar-refractivity contribution is 9.10. The smallest absolute Gasteiger partial charge is 0.396 e. The van der Waals surface area contributed by atoms with E-state index in [9.17, 15) is 19.5 Å². The van der Waals surface area contributed by atoms with Crippen molar-refractivity contribution in [2.45, 2.75) is 39.0 Å². The number of amides is 2. The number of carbonyl (C=O) groups is 3. The minimum Gasteiger partial charge on any atom is -0.507 e. The van der Waals surface area contributed by atoms with Crippen LogP contribution in [0.1, 0.15) is 38.2 Å². The predicted octanol–water partition coefficient (Wildman–Crippen LogP) is 2.98. The Morgan fingerprint density at radius 3 is 2.13 bits per heavy atom. The molecule has 3 rings (SSSR count). The van der Waals surface area contributed by atoms with Crippen LogP contribution in [0.25, 0.3) is 0 Å². The van der Waals surface area contributed by atoms with Crippen LogP contribution in [0.5, 0.6) is 5.75 Å². The molecule has 8 heteroatoms. The van der Waals surface area contributed by atoms with E-state index in [2.05, 4.69) is 20.7 Å². The van der Waals surface area contributed by atoms with Crippen molar-refractivity contribution in [2.75, 3.05) is 33.3 Å². The predicted molar refractivity (Wildman–Crippen MR) is 119 cm³/mol. The number of carbonyl (C=O) groups excluding carboxylic acids is 3. The number of piperidine rings is 2. The number of hydrogen-bond donors (Lipinski definition) is 1. The van der Waals surface area contributed by atoms with Crippen LogP contribution in [0.2, 0.25) is 0 Å². The molecule has 0 spiro atoms. The van der Waals surface area contributed by atoms with Crippen LogP contribution in [-0.2, 0) is 25.5 Å². The van der Waals surface area contributed by atoms with Crippen LogP contribution in [0.4, 0.5) is 0 Å². The van der Waals surface area contributed by atoms with E-state index in [1.165, 1.54) is 7.11 Å². The van der Waals surface area contributed by atoms with Gasteiger partial charge < -0.3 is 19.6 Å². The number of nitrogens with zero attached hydrogens (tertiary/aromatic N) is 2. The average Bonchev–Trinajstić information content (AvgIpc) is 2.80. The first-order valence-corrected chi connectivity index (χ1v) is 11.7. The molecule has 2 aliphatic heterocycles. The van der Waals surface area contributed by atoms with Gasteiger partial charge in [-0.15, -0.1) is 0 Å². The molecule has 2 amide bonds. The van der Waals surface area contributed by atoms with Gasteiger partial charge in [0.05, 0.1) is 11.6 Å². The van der Waals surface area contributed by atoms with E-state index in [1.54, 1.807) is 11.0 Å². The molecule has 2 heterocycles. The van der Waals surface area contributed by atoms with E-state index in [-0.39, 0.29) is 17.6 Å². The molecule has 0 bridgehead atoms. The number of esters is 1. The number of phenols is 1. The molecular weight excluding hydrogens is 464 g/mol. The summed E-state index contributed by atoms with van der Waals surface area (Å²) in [6, 6.07) is 5.36. The first-order chi connectivity index (χ1) is 14.8. The Bertz CT molecular complexity index is 814. The average molecular weight is 495 g/mol. The van der Waals surface area contributed by atoms with Crippen molar-refractivity contribution < 1.29 is 24.2 Å². The second-order valence-electron chi connectivity index (χ2n) is 8.67. The molecule has 2 fully saturated rings. The van der Waals surface area contributed by atoms with E-state index in [0.717, 1.165) is 44.3 Å². The molecule has 1 aromatic rings. The molecule has 2 aliphatic rings. The van der Waals surface area contributed by atoms with Crippen LogP contribution < -0.4 is 0 Å². The van der Waals surface area contributed by atoms with Crippen LogP contribution in [0, 0.1) is 17.8 Å². The summed E-state index contributed by atoms with van der Waals surface area (Å²) in [7, 11) is 1.23. The first kappa shape index (κ1) is 23.6. The molecule has 0 unspecified atom stereocenters. The largest absolute Gasteiger partial charge is 0.507 e. The minimum absolute atomic E-state index is 0.111. The molecule has 1 aromatic carbocycles.